The van der Waals surface area contributed by atoms with E-state index in [1.807, 2.05) is 0 Å². The average molecular weight is 440 g/mol. The second kappa shape index (κ2) is 6.07. The summed E-state index contributed by atoms with van der Waals surface area (Å²) in [6.45, 7) is 0. The van der Waals surface area contributed by atoms with E-state index < -0.39 is 38.7 Å². The van der Waals surface area contributed by atoms with Crippen molar-refractivity contribution < 1.29 is 21.6 Å². The lowest BCUT2D eigenvalue weighted by atomic mass is 10.0. The molecule has 29 heavy (non-hydrogen) atoms. The molecule has 0 radical (unpaired) electrons. The van der Waals surface area contributed by atoms with Gasteiger partial charge in [0.15, 0.2) is 0 Å². The summed E-state index contributed by atoms with van der Waals surface area (Å²) in [7, 11) is -4.23. The largest absolute Gasteiger partial charge is 0.416 e. The third kappa shape index (κ3) is 2.72. The van der Waals surface area contributed by atoms with Crippen LogP contribution in [-0.4, -0.2) is 22.9 Å². The summed E-state index contributed by atoms with van der Waals surface area (Å²) >= 11 is 6.14. The number of hydrogen-bond donors (Lipinski definition) is 1. The highest BCUT2D eigenvalue weighted by Gasteiger charge is 2.51. The topological polar surface area (TPSA) is 66.1 Å². The number of halogens is 4. The molecule has 0 aliphatic carbocycles. The molecule has 0 unspecified atom stereocenters. The fourth-order valence-corrected chi connectivity index (χ4v) is 6.20. The maximum Gasteiger partial charge on any atom is 0.416 e. The smallest absolute Gasteiger partial charge is 0.282 e. The van der Waals surface area contributed by atoms with Gasteiger partial charge < -0.3 is 0 Å². The number of nitrogens with zero attached hydrogens (tertiary/aromatic N) is 2. The van der Waals surface area contributed by atoms with Gasteiger partial charge in [-0.15, -0.1) is 0 Å². The predicted octanol–water partition coefficient (Wildman–Crippen LogP) is 4.47. The Labute approximate surface area is 169 Å². The molecule has 0 spiro atoms. The summed E-state index contributed by atoms with van der Waals surface area (Å²) in [5.41, 5.74) is 2.01. The van der Waals surface area contributed by atoms with Gasteiger partial charge in [-0.1, -0.05) is 23.7 Å². The minimum absolute atomic E-state index is 0.331. The first kappa shape index (κ1) is 18.7. The molecule has 0 saturated carbocycles. The summed E-state index contributed by atoms with van der Waals surface area (Å²) in [6, 6.07) is 7.73. The van der Waals surface area contributed by atoms with Crippen LogP contribution in [0.3, 0.4) is 0 Å². The van der Waals surface area contributed by atoms with Gasteiger partial charge in [0.1, 0.15) is 0 Å². The molecule has 10 heteroatoms. The highest BCUT2D eigenvalue weighted by molar-refractivity contribution is 7.89. The molecule has 0 saturated heterocycles. The number of sulfonamides is 1. The molecule has 2 aliphatic rings. The Morgan fingerprint density at radius 3 is 2.66 bits per heavy atom. The van der Waals surface area contributed by atoms with Gasteiger partial charge in [0.2, 0.25) is 10.0 Å². The number of alkyl halides is 3. The molecular weight excluding hydrogens is 427 g/mol. The molecule has 2 atom stereocenters. The number of aromatic amines is 1. The van der Waals surface area contributed by atoms with Gasteiger partial charge in [-0.3, -0.25) is 5.10 Å². The van der Waals surface area contributed by atoms with Crippen LogP contribution in [-0.2, 0) is 22.6 Å². The van der Waals surface area contributed by atoms with E-state index in [9.17, 15) is 21.6 Å². The van der Waals surface area contributed by atoms with E-state index >= 15 is 0 Å². The minimum atomic E-state index is -4.64. The maximum absolute atomic E-state index is 13.5. The Bertz CT molecular complexity index is 1240. The lowest BCUT2D eigenvalue weighted by Gasteiger charge is -2.33. The summed E-state index contributed by atoms with van der Waals surface area (Å²) < 4.78 is 67.7. The van der Waals surface area contributed by atoms with Crippen molar-refractivity contribution in [3.8, 4) is 0 Å². The van der Waals surface area contributed by atoms with Crippen molar-refractivity contribution in [2.75, 3.05) is 0 Å². The van der Waals surface area contributed by atoms with E-state index in [2.05, 4.69) is 10.2 Å². The predicted molar refractivity (Wildman–Crippen MR) is 98.8 cm³/mol. The third-order valence-corrected chi connectivity index (χ3v) is 7.55. The van der Waals surface area contributed by atoms with Crippen molar-refractivity contribution in [3.05, 3.63) is 81.6 Å². The Hall–Kier alpha value is -2.36. The molecule has 2 aliphatic heterocycles. The minimum Gasteiger partial charge on any atom is -0.282 e. The van der Waals surface area contributed by atoms with Gasteiger partial charge in [0.25, 0.3) is 0 Å². The zero-order valence-corrected chi connectivity index (χ0v) is 16.2. The number of benzene rings is 2. The standard InChI is InChI=1S/C19H13ClF3N3O2S/c20-11-4-5-13-14(7-11)17-8-16-15(9-24-25-16)18(13)26(17)29(27,28)12-3-1-2-10(6-12)19(21,22)23/h1-7,9,17-18H,8H2,(H,24,25)/t17-,18-/m1/s1. The van der Waals surface area contributed by atoms with Crippen molar-refractivity contribution in [1.82, 2.24) is 14.5 Å². The average Bonchev–Trinajstić information content (AvgIpc) is 3.23. The van der Waals surface area contributed by atoms with Crippen LogP contribution in [0.5, 0.6) is 0 Å². The van der Waals surface area contributed by atoms with Crippen LogP contribution in [0.4, 0.5) is 13.2 Å². The summed E-state index contributed by atoms with van der Waals surface area (Å²) in [6.07, 6.45) is -2.74. The van der Waals surface area contributed by atoms with E-state index in [4.69, 9.17) is 11.6 Å². The number of nitrogens with one attached hydrogen (secondary N) is 1. The first-order chi connectivity index (χ1) is 13.7. The van der Waals surface area contributed by atoms with Gasteiger partial charge >= 0.3 is 6.18 Å². The molecule has 3 aromatic rings. The highest BCUT2D eigenvalue weighted by atomic mass is 35.5. The van der Waals surface area contributed by atoms with E-state index in [1.54, 1.807) is 24.4 Å². The van der Waals surface area contributed by atoms with Gasteiger partial charge in [-0.2, -0.15) is 22.6 Å². The monoisotopic (exact) mass is 439 g/mol. The van der Waals surface area contributed by atoms with E-state index in [0.29, 0.717) is 23.1 Å². The van der Waals surface area contributed by atoms with Crippen molar-refractivity contribution >= 4 is 21.6 Å². The van der Waals surface area contributed by atoms with Gasteiger partial charge in [-0.25, -0.2) is 8.42 Å². The fourth-order valence-electron chi connectivity index (χ4n) is 4.22. The molecule has 3 heterocycles. The van der Waals surface area contributed by atoms with Crippen molar-refractivity contribution in [2.45, 2.75) is 29.6 Å². The quantitative estimate of drug-likeness (QED) is 0.640. The maximum atomic E-state index is 13.5. The number of rotatable bonds is 2. The Balaban J connectivity index is 1.69. The van der Waals surface area contributed by atoms with Crippen LogP contribution in [0.2, 0.25) is 5.02 Å². The van der Waals surface area contributed by atoms with Crippen molar-refractivity contribution in [2.24, 2.45) is 0 Å². The Kier molecular flexibility index (Phi) is 3.90. The van der Waals surface area contributed by atoms with E-state index in [1.165, 1.54) is 10.4 Å². The first-order valence-electron chi connectivity index (χ1n) is 8.70. The lowest BCUT2D eigenvalue weighted by Crippen LogP contribution is -2.37. The number of hydrogen-bond acceptors (Lipinski definition) is 3. The third-order valence-electron chi connectivity index (χ3n) is 5.44. The second-order valence-electron chi connectivity index (χ2n) is 7.06. The van der Waals surface area contributed by atoms with Crippen LogP contribution in [0.1, 0.15) is 40.0 Å². The number of aromatic nitrogens is 2. The SMILES string of the molecule is O=S(=O)(c1cccc(C(F)(F)F)c1)N1[C@@H]2c3ccc(Cl)cc3[C@H]1Cc1[nH]ncc12. The van der Waals surface area contributed by atoms with Crippen LogP contribution >= 0.6 is 11.6 Å². The second-order valence-corrected chi connectivity index (χ2v) is 9.34. The van der Waals surface area contributed by atoms with Crippen LogP contribution in [0, 0.1) is 0 Å². The van der Waals surface area contributed by atoms with Crippen molar-refractivity contribution in [3.63, 3.8) is 0 Å². The molecule has 2 bridgehead atoms. The number of fused-ring (bicyclic) bond motifs is 7. The van der Waals surface area contributed by atoms with E-state index in [0.717, 1.165) is 29.0 Å². The molecule has 0 fully saturated rings. The molecule has 1 N–H and O–H groups in total. The molecule has 2 aromatic carbocycles. The van der Waals surface area contributed by atoms with Gasteiger partial charge in [-0.05, 0) is 41.5 Å². The summed E-state index contributed by atoms with van der Waals surface area (Å²) in [5.74, 6) is 0. The zero-order chi connectivity index (χ0) is 20.6. The molecule has 0 amide bonds. The molecule has 5 rings (SSSR count). The zero-order valence-electron chi connectivity index (χ0n) is 14.6. The van der Waals surface area contributed by atoms with Gasteiger partial charge in [0.05, 0.1) is 28.7 Å². The highest BCUT2D eigenvalue weighted by Crippen LogP contribution is 2.54. The first-order valence-corrected chi connectivity index (χ1v) is 10.5. The fraction of sp³-hybridized carbons (Fsp3) is 0.211. The Morgan fingerprint density at radius 2 is 1.90 bits per heavy atom. The van der Waals surface area contributed by atoms with Crippen LogP contribution in [0.25, 0.3) is 0 Å². The van der Waals surface area contributed by atoms with Crippen LogP contribution < -0.4 is 0 Å². The van der Waals surface area contributed by atoms with Crippen molar-refractivity contribution in [1.29, 1.82) is 0 Å². The van der Waals surface area contributed by atoms with E-state index in [-0.39, 0.29) is 0 Å². The molecular formula is C19H13ClF3N3O2S. The molecule has 150 valence electrons. The normalized spacial score (nSPS) is 21.1. The molecule has 5 nitrogen and oxygen atoms in total. The van der Waals surface area contributed by atoms with Gasteiger partial charge in [0, 0.05) is 22.7 Å². The lowest BCUT2D eigenvalue weighted by molar-refractivity contribution is -0.137. The number of H-pyrrole nitrogens is 1. The summed E-state index contributed by atoms with van der Waals surface area (Å²) in [5, 5.41) is 7.39. The summed E-state index contributed by atoms with van der Waals surface area (Å²) in [4.78, 5) is -0.395. The Morgan fingerprint density at radius 1 is 1.10 bits per heavy atom. The molecule has 1 aromatic heterocycles. The van der Waals surface area contributed by atoms with Crippen LogP contribution in [0.15, 0.2) is 53.6 Å².